The zero-order valence-corrected chi connectivity index (χ0v) is 13.6. The molecule has 0 atom stereocenters. The molecule has 1 amide bonds. The molecule has 0 radical (unpaired) electrons. The van der Waals surface area contributed by atoms with E-state index in [1.165, 1.54) is 11.3 Å². The first kappa shape index (κ1) is 15.9. The lowest BCUT2D eigenvalue weighted by molar-refractivity contribution is 0.0824. The number of thiazole rings is 1. The molecular formula is C14H16ClN3O2S. The van der Waals surface area contributed by atoms with Crippen molar-refractivity contribution in [1.82, 2.24) is 15.3 Å². The summed E-state index contributed by atoms with van der Waals surface area (Å²) in [5, 5.41) is 3.75. The number of nitrogens with one attached hydrogen (secondary N) is 1. The zero-order valence-electron chi connectivity index (χ0n) is 12.0. The molecule has 2 aromatic rings. The smallest absolute Gasteiger partial charge is 0.265 e. The van der Waals surface area contributed by atoms with Gasteiger partial charge in [0.15, 0.2) is 5.15 Å². The first-order valence-corrected chi connectivity index (χ1v) is 7.50. The van der Waals surface area contributed by atoms with E-state index in [4.69, 9.17) is 16.3 Å². The van der Waals surface area contributed by atoms with Crippen molar-refractivity contribution in [3.63, 3.8) is 0 Å². The van der Waals surface area contributed by atoms with Crippen LogP contribution in [0.25, 0.3) is 10.6 Å². The minimum atomic E-state index is -0.479. The van der Waals surface area contributed by atoms with E-state index in [1.54, 1.807) is 19.5 Å². The topological polar surface area (TPSA) is 64.1 Å². The molecule has 0 aromatic carbocycles. The number of carbonyl (C=O) groups is 1. The minimum Gasteiger partial charge on any atom is -0.382 e. The van der Waals surface area contributed by atoms with Gasteiger partial charge < -0.3 is 10.1 Å². The molecule has 5 nitrogen and oxygen atoms in total. The Kier molecular flexibility index (Phi) is 4.92. The Bertz CT molecular complexity index is 628. The summed E-state index contributed by atoms with van der Waals surface area (Å²) in [6.07, 6.45) is 3.37. The Morgan fingerprint density at radius 1 is 1.52 bits per heavy atom. The highest BCUT2D eigenvalue weighted by atomic mass is 35.5. The maximum absolute atomic E-state index is 12.3. The lowest BCUT2D eigenvalue weighted by Gasteiger charge is -2.24. The predicted octanol–water partition coefficient (Wildman–Crippen LogP) is 3.01. The number of hydrogen-bond donors (Lipinski definition) is 1. The van der Waals surface area contributed by atoms with Gasteiger partial charge in [0, 0.05) is 25.1 Å². The number of rotatable bonds is 5. The molecule has 2 heterocycles. The number of hydrogen-bond acceptors (Lipinski definition) is 5. The predicted molar refractivity (Wildman–Crippen MR) is 83.8 cm³/mol. The maximum atomic E-state index is 12.3. The van der Waals surface area contributed by atoms with Gasteiger partial charge in [-0.1, -0.05) is 11.6 Å². The van der Waals surface area contributed by atoms with Crippen molar-refractivity contribution in [1.29, 1.82) is 0 Å². The van der Waals surface area contributed by atoms with Crippen LogP contribution in [0.2, 0.25) is 5.15 Å². The third kappa shape index (κ3) is 4.00. The number of ether oxygens (including phenoxy) is 1. The standard InChI is InChI=1S/C14H16ClN3O2S/c1-14(2,8-20-3)18-12(19)10-11(15)17-13(21-10)9-5-4-6-16-7-9/h4-7H,8H2,1-3H3,(H,18,19). The lowest BCUT2D eigenvalue weighted by atomic mass is 10.1. The van der Waals surface area contributed by atoms with Gasteiger partial charge in [-0.2, -0.15) is 0 Å². The molecule has 0 aliphatic rings. The largest absolute Gasteiger partial charge is 0.382 e. The molecule has 2 rings (SSSR count). The van der Waals surface area contributed by atoms with Gasteiger partial charge >= 0.3 is 0 Å². The van der Waals surface area contributed by atoms with E-state index >= 15 is 0 Å². The van der Waals surface area contributed by atoms with Crippen LogP contribution in [0.3, 0.4) is 0 Å². The molecule has 21 heavy (non-hydrogen) atoms. The van der Waals surface area contributed by atoms with Gasteiger partial charge in [-0.3, -0.25) is 9.78 Å². The summed E-state index contributed by atoms with van der Waals surface area (Å²) in [6.45, 7) is 4.17. The van der Waals surface area contributed by atoms with Crippen LogP contribution < -0.4 is 5.32 Å². The molecule has 0 saturated heterocycles. The van der Waals surface area contributed by atoms with Crippen LogP contribution in [0.1, 0.15) is 23.5 Å². The van der Waals surface area contributed by atoms with Gasteiger partial charge in [-0.15, -0.1) is 11.3 Å². The molecule has 0 spiro atoms. The fourth-order valence-electron chi connectivity index (χ4n) is 1.82. The van der Waals surface area contributed by atoms with E-state index in [0.29, 0.717) is 16.5 Å². The van der Waals surface area contributed by atoms with E-state index in [0.717, 1.165) is 5.56 Å². The third-order valence-corrected chi connectivity index (χ3v) is 4.15. The summed E-state index contributed by atoms with van der Waals surface area (Å²) >= 11 is 7.33. The molecule has 2 aromatic heterocycles. The first-order chi connectivity index (χ1) is 9.93. The third-order valence-electron chi connectivity index (χ3n) is 2.66. The summed E-state index contributed by atoms with van der Waals surface area (Å²) in [5.41, 5.74) is 0.354. The highest BCUT2D eigenvalue weighted by molar-refractivity contribution is 7.17. The second-order valence-corrected chi connectivity index (χ2v) is 6.51. The Hall–Kier alpha value is -1.50. The number of aromatic nitrogens is 2. The van der Waals surface area contributed by atoms with Gasteiger partial charge in [-0.05, 0) is 26.0 Å². The average molecular weight is 326 g/mol. The van der Waals surface area contributed by atoms with Gasteiger partial charge in [-0.25, -0.2) is 4.98 Å². The quantitative estimate of drug-likeness (QED) is 0.917. The van der Waals surface area contributed by atoms with Crippen molar-refractivity contribution in [2.24, 2.45) is 0 Å². The SMILES string of the molecule is COCC(C)(C)NC(=O)c1sc(-c2cccnc2)nc1Cl. The number of carbonyl (C=O) groups excluding carboxylic acids is 1. The van der Waals surface area contributed by atoms with E-state index in [9.17, 15) is 4.79 Å². The highest BCUT2D eigenvalue weighted by Crippen LogP contribution is 2.30. The summed E-state index contributed by atoms with van der Waals surface area (Å²) in [6, 6.07) is 3.69. The Balaban J connectivity index is 2.21. The zero-order chi connectivity index (χ0) is 15.5. The number of methoxy groups -OCH3 is 1. The second-order valence-electron chi connectivity index (χ2n) is 5.15. The van der Waals surface area contributed by atoms with Crippen molar-refractivity contribution in [2.45, 2.75) is 19.4 Å². The number of nitrogens with zero attached hydrogens (tertiary/aromatic N) is 2. The fraction of sp³-hybridized carbons (Fsp3) is 0.357. The molecule has 0 fully saturated rings. The van der Waals surface area contributed by atoms with Crippen LogP contribution in [0, 0.1) is 0 Å². The van der Waals surface area contributed by atoms with Crippen LogP contribution in [0.4, 0.5) is 0 Å². The van der Waals surface area contributed by atoms with E-state index in [-0.39, 0.29) is 11.1 Å². The molecule has 0 unspecified atom stereocenters. The Morgan fingerprint density at radius 2 is 2.29 bits per heavy atom. The minimum absolute atomic E-state index is 0.199. The van der Waals surface area contributed by atoms with Crippen LogP contribution in [0.15, 0.2) is 24.5 Å². The molecule has 0 aliphatic heterocycles. The summed E-state index contributed by atoms with van der Waals surface area (Å²) in [5.74, 6) is -0.255. The average Bonchev–Trinajstić information content (AvgIpc) is 2.81. The molecular weight excluding hydrogens is 310 g/mol. The molecule has 0 aliphatic carbocycles. The molecule has 112 valence electrons. The van der Waals surface area contributed by atoms with Crippen molar-refractivity contribution in [2.75, 3.05) is 13.7 Å². The Morgan fingerprint density at radius 3 is 2.90 bits per heavy atom. The first-order valence-electron chi connectivity index (χ1n) is 6.31. The molecule has 7 heteroatoms. The molecule has 0 bridgehead atoms. The van der Waals surface area contributed by atoms with E-state index in [1.807, 2.05) is 26.0 Å². The van der Waals surface area contributed by atoms with Gasteiger partial charge in [0.05, 0.1) is 12.1 Å². The van der Waals surface area contributed by atoms with Gasteiger partial charge in [0.2, 0.25) is 0 Å². The van der Waals surface area contributed by atoms with Crippen LogP contribution >= 0.6 is 22.9 Å². The van der Waals surface area contributed by atoms with Crippen molar-refractivity contribution < 1.29 is 9.53 Å². The lowest BCUT2D eigenvalue weighted by Crippen LogP contribution is -2.46. The highest BCUT2D eigenvalue weighted by Gasteiger charge is 2.25. The van der Waals surface area contributed by atoms with Crippen molar-refractivity contribution >= 4 is 28.8 Å². The molecule has 1 N–H and O–H groups in total. The van der Waals surface area contributed by atoms with Gasteiger partial charge in [0.1, 0.15) is 9.88 Å². The summed E-state index contributed by atoms with van der Waals surface area (Å²) < 4.78 is 5.08. The normalized spacial score (nSPS) is 11.4. The molecule has 0 saturated carbocycles. The monoisotopic (exact) mass is 325 g/mol. The van der Waals surface area contributed by atoms with E-state index < -0.39 is 5.54 Å². The van der Waals surface area contributed by atoms with Crippen LogP contribution in [-0.4, -0.2) is 35.1 Å². The second kappa shape index (κ2) is 6.51. The number of halogens is 1. The van der Waals surface area contributed by atoms with Gasteiger partial charge in [0.25, 0.3) is 5.91 Å². The number of pyridine rings is 1. The maximum Gasteiger partial charge on any atom is 0.265 e. The fourth-order valence-corrected chi connectivity index (χ4v) is 2.99. The number of amides is 1. The summed E-state index contributed by atoms with van der Waals surface area (Å²) in [7, 11) is 1.59. The Labute approximate surface area is 132 Å². The summed E-state index contributed by atoms with van der Waals surface area (Å²) in [4.78, 5) is 21.0. The van der Waals surface area contributed by atoms with E-state index in [2.05, 4.69) is 15.3 Å². The van der Waals surface area contributed by atoms with Crippen LogP contribution in [-0.2, 0) is 4.74 Å². The van der Waals surface area contributed by atoms with Crippen LogP contribution in [0.5, 0.6) is 0 Å². The van der Waals surface area contributed by atoms with Crippen molar-refractivity contribution in [3.8, 4) is 10.6 Å². The van der Waals surface area contributed by atoms with Crippen molar-refractivity contribution in [3.05, 3.63) is 34.6 Å².